The van der Waals surface area contributed by atoms with Crippen LogP contribution in [-0.4, -0.2) is 23.8 Å². The third-order valence-corrected chi connectivity index (χ3v) is 1.86. The van der Waals surface area contributed by atoms with Crippen molar-refractivity contribution in [3.05, 3.63) is 0 Å². The Labute approximate surface area is 69.3 Å². The van der Waals surface area contributed by atoms with Crippen molar-refractivity contribution in [2.24, 2.45) is 5.10 Å². The van der Waals surface area contributed by atoms with Crippen LogP contribution in [0.25, 0.3) is 0 Å². The number of hydrogen-bond acceptors (Lipinski definition) is 2. The number of hydrogen-bond donors (Lipinski definition) is 0. The third kappa shape index (κ3) is 2.63. The predicted molar refractivity (Wildman–Crippen MR) is 49.5 cm³/mol. The van der Waals surface area contributed by atoms with Gasteiger partial charge in [0.15, 0.2) is 0 Å². The van der Waals surface area contributed by atoms with Gasteiger partial charge in [-0.15, -0.1) is 12.8 Å². The van der Waals surface area contributed by atoms with E-state index in [-0.39, 0.29) is 0 Å². The Morgan fingerprint density at radius 1 is 1.64 bits per heavy atom. The minimum Gasteiger partial charge on any atom is -0.297 e. The molecule has 11 heavy (non-hydrogen) atoms. The SMILES string of the molecule is C#C.CCC1CC(C)=NN1C. The summed E-state index contributed by atoms with van der Waals surface area (Å²) in [7, 11) is 2.05. The Kier molecular flexibility index (Phi) is 4.36. The summed E-state index contributed by atoms with van der Waals surface area (Å²) >= 11 is 0. The molecule has 1 atom stereocenters. The van der Waals surface area contributed by atoms with Gasteiger partial charge in [-0.2, -0.15) is 5.10 Å². The molecule has 0 aromatic heterocycles. The molecular weight excluding hydrogens is 136 g/mol. The zero-order valence-electron chi connectivity index (χ0n) is 7.54. The molecular formula is C9H16N2. The molecule has 0 saturated heterocycles. The number of nitrogens with zero attached hydrogens (tertiary/aromatic N) is 2. The first kappa shape index (κ1) is 10.0. The van der Waals surface area contributed by atoms with E-state index >= 15 is 0 Å². The van der Waals surface area contributed by atoms with Gasteiger partial charge in [0.2, 0.25) is 0 Å². The summed E-state index contributed by atoms with van der Waals surface area (Å²) in [4.78, 5) is 0. The van der Waals surface area contributed by atoms with Crippen LogP contribution in [0.5, 0.6) is 0 Å². The maximum atomic E-state index is 4.29. The molecule has 1 aliphatic heterocycles. The maximum absolute atomic E-state index is 4.29. The first-order chi connectivity index (χ1) is 5.24. The Bertz CT molecular complexity index is 158. The molecule has 0 N–H and O–H groups in total. The summed E-state index contributed by atoms with van der Waals surface area (Å²) in [6.45, 7) is 4.29. The van der Waals surface area contributed by atoms with Crippen molar-refractivity contribution < 1.29 is 0 Å². The maximum Gasteiger partial charge on any atom is 0.0517 e. The second kappa shape index (κ2) is 4.79. The van der Waals surface area contributed by atoms with Crippen LogP contribution in [0, 0.1) is 12.8 Å². The fraction of sp³-hybridized carbons (Fsp3) is 0.667. The van der Waals surface area contributed by atoms with Gasteiger partial charge in [0.25, 0.3) is 0 Å². The van der Waals surface area contributed by atoms with Crippen molar-refractivity contribution in [2.45, 2.75) is 32.7 Å². The van der Waals surface area contributed by atoms with Crippen molar-refractivity contribution in [3.8, 4) is 12.8 Å². The summed E-state index contributed by atoms with van der Waals surface area (Å²) in [6, 6.07) is 0.671. The molecule has 1 heterocycles. The Morgan fingerprint density at radius 2 is 2.18 bits per heavy atom. The largest absolute Gasteiger partial charge is 0.297 e. The lowest BCUT2D eigenvalue weighted by Crippen LogP contribution is -2.20. The predicted octanol–water partition coefficient (Wildman–Crippen LogP) is 1.73. The lowest BCUT2D eigenvalue weighted by molar-refractivity contribution is 0.278. The third-order valence-electron chi connectivity index (χ3n) is 1.86. The molecule has 0 aromatic carbocycles. The quantitative estimate of drug-likeness (QED) is 0.522. The van der Waals surface area contributed by atoms with Gasteiger partial charge in [-0.05, 0) is 13.3 Å². The van der Waals surface area contributed by atoms with E-state index in [0.717, 1.165) is 6.42 Å². The van der Waals surface area contributed by atoms with Crippen molar-refractivity contribution in [2.75, 3.05) is 7.05 Å². The van der Waals surface area contributed by atoms with Crippen LogP contribution in [0.2, 0.25) is 0 Å². The van der Waals surface area contributed by atoms with Crippen LogP contribution in [0.15, 0.2) is 5.10 Å². The van der Waals surface area contributed by atoms with Gasteiger partial charge in [0.1, 0.15) is 0 Å². The average Bonchev–Trinajstić information content (AvgIpc) is 2.33. The molecule has 1 aliphatic rings. The molecule has 1 unspecified atom stereocenters. The second-order valence-electron chi connectivity index (χ2n) is 2.68. The highest BCUT2D eigenvalue weighted by Crippen LogP contribution is 2.14. The fourth-order valence-corrected chi connectivity index (χ4v) is 1.27. The number of hydrazone groups is 1. The van der Waals surface area contributed by atoms with Crippen molar-refractivity contribution in [1.29, 1.82) is 0 Å². The fourth-order valence-electron chi connectivity index (χ4n) is 1.27. The molecule has 0 radical (unpaired) electrons. The van der Waals surface area contributed by atoms with Gasteiger partial charge in [-0.1, -0.05) is 6.92 Å². The summed E-state index contributed by atoms with van der Waals surface area (Å²) in [5, 5.41) is 6.36. The minimum absolute atomic E-state index is 0.671. The van der Waals surface area contributed by atoms with Crippen molar-refractivity contribution in [3.63, 3.8) is 0 Å². The highest BCUT2D eigenvalue weighted by atomic mass is 15.5. The molecule has 0 amide bonds. The molecule has 2 nitrogen and oxygen atoms in total. The highest BCUT2D eigenvalue weighted by molar-refractivity contribution is 5.83. The van der Waals surface area contributed by atoms with E-state index in [1.807, 2.05) is 7.05 Å². The molecule has 0 saturated carbocycles. The van der Waals surface area contributed by atoms with Crippen LogP contribution in [0.1, 0.15) is 26.7 Å². The lowest BCUT2D eigenvalue weighted by atomic mass is 10.1. The molecule has 1 rings (SSSR count). The summed E-state index contributed by atoms with van der Waals surface area (Å²) in [6.07, 6.45) is 10.4. The summed E-state index contributed by atoms with van der Waals surface area (Å²) < 4.78 is 0. The molecule has 0 aromatic rings. The molecule has 62 valence electrons. The minimum atomic E-state index is 0.671. The summed E-state index contributed by atoms with van der Waals surface area (Å²) in [5.74, 6) is 0. The van der Waals surface area contributed by atoms with E-state index < -0.39 is 0 Å². The van der Waals surface area contributed by atoms with Crippen molar-refractivity contribution >= 4 is 5.71 Å². The van der Waals surface area contributed by atoms with Gasteiger partial charge >= 0.3 is 0 Å². The molecule has 0 spiro atoms. The van der Waals surface area contributed by atoms with Crippen LogP contribution in [0.3, 0.4) is 0 Å². The first-order valence-electron chi connectivity index (χ1n) is 3.84. The zero-order chi connectivity index (χ0) is 8.85. The monoisotopic (exact) mass is 152 g/mol. The van der Waals surface area contributed by atoms with Crippen LogP contribution in [0.4, 0.5) is 0 Å². The Hall–Kier alpha value is -0.970. The average molecular weight is 152 g/mol. The Balaban J connectivity index is 0.000000461. The highest BCUT2D eigenvalue weighted by Gasteiger charge is 2.17. The standard InChI is InChI=1S/C7H14N2.C2H2/c1-4-7-5-6(2)8-9(7)3;1-2/h7H,4-5H2,1-3H3;1-2H. The normalized spacial score (nSPS) is 22.1. The molecule has 2 heteroatoms. The smallest absolute Gasteiger partial charge is 0.0517 e. The topological polar surface area (TPSA) is 15.6 Å². The van der Waals surface area contributed by atoms with E-state index in [0.29, 0.717) is 6.04 Å². The van der Waals surface area contributed by atoms with Crippen molar-refractivity contribution in [1.82, 2.24) is 5.01 Å². The van der Waals surface area contributed by atoms with Gasteiger partial charge in [-0.3, -0.25) is 5.01 Å². The van der Waals surface area contributed by atoms with Gasteiger partial charge in [-0.25, -0.2) is 0 Å². The number of rotatable bonds is 1. The van der Waals surface area contributed by atoms with E-state index in [1.54, 1.807) is 0 Å². The van der Waals surface area contributed by atoms with E-state index in [9.17, 15) is 0 Å². The van der Waals surface area contributed by atoms with Gasteiger partial charge in [0, 0.05) is 19.2 Å². The van der Waals surface area contributed by atoms with Crippen LogP contribution >= 0.6 is 0 Å². The summed E-state index contributed by atoms with van der Waals surface area (Å²) in [5.41, 5.74) is 1.27. The first-order valence-corrected chi connectivity index (χ1v) is 3.84. The molecule has 0 fully saturated rings. The molecule has 0 aliphatic carbocycles. The Morgan fingerprint density at radius 3 is 2.36 bits per heavy atom. The van der Waals surface area contributed by atoms with Crippen LogP contribution < -0.4 is 0 Å². The van der Waals surface area contributed by atoms with E-state index in [1.165, 1.54) is 12.1 Å². The molecule has 0 bridgehead atoms. The number of terminal acetylenes is 1. The van der Waals surface area contributed by atoms with Crippen LogP contribution in [-0.2, 0) is 0 Å². The zero-order valence-corrected chi connectivity index (χ0v) is 7.54. The van der Waals surface area contributed by atoms with E-state index in [4.69, 9.17) is 0 Å². The van der Waals surface area contributed by atoms with E-state index in [2.05, 4.69) is 36.8 Å². The van der Waals surface area contributed by atoms with Gasteiger partial charge < -0.3 is 0 Å². The second-order valence-corrected chi connectivity index (χ2v) is 2.68. The van der Waals surface area contributed by atoms with Gasteiger partial charge in [0.05, 0.1) is 6.04 Å². The lowest BCUT2D eigenvalue weighted by Gasteiger charge is -2.15.